The smallest absolute Gasteiger partial charge is 0.268 e. The molecule has 1 rings (SSSR count). The third-order valence-corrected chi connectivity index (χ3v) is 2.23. The summed E-state index contributed by atoms with van der Waals surface area (Å²) in [6.07, 6.45) is 2.13. The molecule has 2 N–H and O–H groups in total. The summed E-state index contributed by atoms with van der Waals surface area (Å²) < 4.78 is 5.29. The van der Waals surface area contributed by atoms with Crippen LogP contribution in [0.15, 0.2) is 5.10 Å². The largest absolute Gasteiger partial charge is 0.381 e. The molecule has 0 spiro atoms. The fourth-order valence-corrected chi connectivity index (χ4v) is 1.46. The Balaban J connectivity index is 2.29. The Morgan fingerprint density at radius 3 is 3.07 bits per heavy atom. The van der Waals surface area contributed by atoms with Gasteiger partial charge in [0, 0.05) is 20.2 Å². The molecule has 86 valence electrons. The van der Waals surface area contributed by atoms with E-state index in [1.807, 2.05) is 0 Å². The standard InChI is InChI=1S/C8H16N4O3/c1-9-8(11-12(13)14)10-5-7-3-2-4-15-6-7/h7H,2-6H2,1H3,(H2,9,10,11). The van der Waals surface area contributed by atoms with Crippen molar-refractivity contribution in [2.24, 2.45) is 11.0 Å². The van der Waals surface area contributed by atoms with Crippen LogP contribution in [-0.2, 0) is 4.74 Å². The molecule has 7 heteroatoms. The minimum Gasteiger partial charge on any atom is -0.381 e. The van der Waals surface area contributed by atoms with Gasteiger partial charge in [0.25, 0.3) is 5.96 Å². The van der Waals surface area contributed by atoms with Crippen molar-refractivity contribution in [2.45, 2.75) is 12.8 Å². The van der Waals surface area contributed by atoms with Crippen LogP contribution in [0, 0.1) is 16.0 Å². The first-order valence-electron chi connectivity index (χ1n) is 4.94. The molecule has 1 saturated heterocycles. The first-order chi connectivity index (χ1) is 7.22. The number of ether oxygens (including phenoxy) is 1. The highest BCUT2D eigenvalue weighted by Crippen LogP contribution is 2.11. The number of hydrazone groups is 1. The first kappa shape index (κ1) is 11.7. The van der Waals surface area contributed by atoms with Crippen LogP contribution in [0.5, 0.6) is 0 Å². The highest BCUT2D eigenvalue weighted by Gasteiger charge is 2.14. The van der Waals surface area contributed by atoms with Crippen LogP contribution < -0.4 is 10.6 Å². The molecule has 7 nitrogen and oxygen atoms in total. The van der Waals surface area contributed by atoms with Gasteiger partial charge in [-0.25, -0.2) is 10.1 Å². The molecule has 1 aliphatic rings. The summed E-state index contributed by atoms with van der Waals surface area (Å²) in [5.74, 6) is 0.592. The van der Waals surface area contributed by atoms with E-state index in [-0.39, 0.29) is 5.96 Å². The summed E-state index contributed by atoms with van der Waals surface area (Å²) in [7, 11) is 1.59. The maximum absolute atomic E-state index is 10.1. The van der Waals surface area contributed by atoms with Crippen molar-refractivity contribution in [3.05, 3.63) is 10.1 Å². The van der Waals surface area contributed by atoms with Gasteiger partial charge in [-0.1, -0.05) is 0 Å². The van der Waals surface area contributed by atoms with Crippen molar-refractivity contribution in [1.29, 1.82) is 0 Å². The van der Waals surface area contributed by atoms with Gasteiger partial charge in [-0.05, 0) is 18.8 Å². The third kappa shape index (κ3) is 4.59. The molecule has 0 saturated carbocycles. The van der Waals surface area contributed by atoms with Crippen LogP contribution >= 0.6 is 0 Å². The van der Waals surface area contributed by atoms with Gasteiger partial charge < -0.3 is 15.4 Å². The molecule has 1 aliphatic heterocycles. The van der Waals surface area contributed by atoms with Crippen LogP contribution in [0.3, 0.4) is 0 Å². The molecule has 0 amide bonds. The molecule has 1 unspecified atom stereocenters. The van der Waals surface area contributed by atoms with Crippen molar-refractivity contribution < 1.29 is 9.77 Å². The second-order valence-electron chi connectivity index (χ2n) is 3.40. The first-order valence-corrected chi connectivity index (χ1v) is 4.94. The van der Waals surface area contributed by atoms with Gasteiger partial charge in [0.1, 0.15) is 5.10 Å². The lowest BCUT2D eigenvalue weighted by molar-refractivity contribution is -0.485. The normalized spacial score (nSPS) is 22.2. The molecule has 1 heterocycles. The van der Waals surface area contributed by atoms with E-state index >= 15 is 0 Å². The molecule has 0 aliphatic carbocycles. The molecule has 0 bridgehead atoms. The van der Waals surface area contributed by atoms with Crippen LogP contribution in [-0.4, -0.2) is 37.8 Å². The van der Waals surface area contributed by atoms with Crippen LogP contribution in [0.25, 0.3) is 0 Å². The lowest BCUT2D eigenvalue weighted by Gasteiger charge is -2.22. The summed E-state index contributed by atoms with van der Waals surface area (Å²) in [4.78, 5) is 10.1. The van der Waals surface area contributed by atoms with E-state index in [4.69, 9.17) is 4.74 Å². The Morgan fingerprint density at radius 2 is 2.53 bits per heavy atom. The molecular weight excluding hydrogens is 200 g/mol. The van der Waals surface area contributed by atoms with Crippen molar-refractivity contribution in [3.63, 3.8) is 0 Å². The predicted octanol–water partition coefficient (Wildman–Crippen LogP) is -0.230. The number of rotatable bonds is 3. The number of nitrogens with one attached hydrogen (secondary N) is 2. The molecule has 1 fully saturated rings. The summed E-state index contributed by atoms with van der Waals surface area (Å²) in [5.41, 5.74) is 0. The van der Waals surface area contributed by atoms with Crippen LogP contribution in [0.2, 0.25) is 0 Å². The molecule has 1 atom stereocenters. The third-order valence-electron chi connectivity index (χ3n) is 2.23. The molecule has 0 aromatic carbocycles. The maximum Gasteiger partial charge on any atom is 0.268 e. The van der Waals surface area contributed by atoms with E-state index < -0.39 is 5.03 Å². The Labute approximate surface area is 88.0 Å². The van der Waals surface area contributed by atoms with Gasteiger partial charge in [-0.3, -0.25) is 0 Å². The number of hydrogen-bond acceptors (Lipinski definition) is 3. The molecule has 0 aromatic heterocycles. The van der Waals surface area contributed by atoms with Gasteiger partial charge in [-0.2, -0.15) is 0 Å². The quantitative estimate of drug-likeness (QED) is 0.294. The Kier molecular flexibility index (Phi) is 4.82. The van der Waals surface area contributed by atoms with E-state index in [1.165, 1.54) is 0 Å². The zero-order valence-corrected chi connectivity index (χ0v) is 8.73. The van der Waals surface area contributed by atoms with Crippen molar-refractivity contribution in [1.82, 2.24) is 10.6 Å². The highest BCUT2D eigenvalue weighted by molar-refractivity contribution is 5.78. The van der Waals surface area contributed by atoms with Gasteiger partial charge in [-0.15, -0.1) is 0 Å². The van der Waals surface area contributed by atoms with E-state index in [2.05, 4.69) is 15.7 Å². The Bertz CT molecular complexity index is 238. The molecular formula is C8H16N4O3. The molecule has 0 radical (unpaired) electrons. The summed E-state index contributed by atoms with van der Waals surface area (Å²) in [5, 5.41) is 18.1. The van der Waals surface area contributed by atoms with E-state index in [9.17, 15) is 10.1 Å². The average molecular weight is 216 g/mol. The minimum atomic E-state index is -0.726. The van der Waals surface area contributed by atoms with Gasteiger partial charge in [0.05, 0.1) is 6.61 Å². The zero-order chi connectivity index (χ0) is 11.1. The summed E-state index contributed by atoms with van der Waals surface area (Å²) in [6.45, 7) is 2.17. The van der Waals surface area contributed by atoms with Gasteiger partial charge in [0.2, 0.25) is 0 Å². The van der Waals surface area contributed by atoms with Crippen molar-refractivity contribution >= 4 is 5.96 Å². The minimum absolute atomic E-state index is 0.186. The van der Waals surface area contributed by atoms with E-state index in [0.717, 1.165) is 19.4 Å². The molecule has 0 aromatic rings. The SMILES string of the molecule is CN/C(=N\[N+](=O)[O-])NCC1CCCOC1. The lowest BCUT2D eigenvalue weighted by Crippen LogP contribution is -2.40. The Hall–Kier alpha value is -1.37. The second kappa shape index (κ2) is 6.18. The average Bonchev–Trinajstić information content (AvgIpc) is 2.25. The monoisotopic (exact) mass is 216 g/mol. The zero-order valence-electron chi connectivity index (χ0n) is 8.73. The number of hydrogen-bond donors (Lipinski definition) is 2. The van der Waals surface area contributed by atoms with E-state index in [0.29, 0.717) is 19.1 Å². The van der Waals surface area contributed by atoms with Crippen molar-refractivity contribution in [3.8, 4) is 0 Å². The van der Waals surface area contributed by atoms with Crippen molar-refractivity contribution in [2.75, 3.05) is 26.8 Å². The maximum atomic E-state index is 10.1. The fourth-order valence-electron chi connectivity index (χ4n) is 1.46. The topological polar surface area (TPSA) is 88.8 Å². The predicted molar refractivity (Wildman–Crippen MR) is 55.0 cm³/mol. The second-order valence-corrected chi connectivity index (χ2v) is 3.40. The molecule has 15 heavy (non-hydrogen) atoms. The number of nitrogens with zero attached hydrogens (tertiary/aromatic N) is 2. The highest BCUT2D eigenvalue weighted by atomic mass is 16.7. The van der Waals surface area contributed by atoms with Crippen LogP contribution in [0.1, 0.15) is 12.8 Å². The summed E-state index contributed by atoms with van der Waals surface area (Å²) >= 11 is 0. The number of guanidine groups is 1. The Morgan fingerprint density at radius 1 is 1.73 bits per heavy atom. The lowest BCUT2D eigenvalue weighted by atomic mass is 10.0. The number of nitro groups is 1. The van der Waals surface area contributed by atoms with Crippen LogP contribution in [0.4, 0.5) is 0 Å². The van der Waals surface area contributed by atoms with Gasteiger partial charge >= 0.3 is 0 Å². The fraction of sp³-hybridized carbons (Fsp3) is 0.875. The summed E-state index contributed by atoms with van der Waals surface area (Å²) in [6, 6.07) is 0. The van der Waals surface area contributed by atoms with Gasteiger partial charge in [0.15, 0.2) is 5.03 Å². The van der Waals surface area contributed by atoms with E-state index in [1.54, 1.807) is 7.05 Å².